The van der Waals surface area contributed by atoms with E-state index in [2.05, 4.69) is 10.3 Å². The standard InChI is InChI=1S/C24H25ClN6O/c1-16-12-17(25)7-9-19(16)27-24-22-14-26-15-31(22)21-13-18(8-10-20(21)28-24)30(4)23(32)6-5-11-29(2)3/h5-10,12-15H,11H2,1-4H3,(H,27,28)/b6-5+. The van der Waals surface area contributed by atoms with E-state index in [9.17, 15) is 4.79 Å². The molecular formula is C24H25ClN6O. The summed E-state index contributed by atoms with van der Waals surface area (Å²) >= 11 is 6.09. The highest BCUT2D eigenvalue weighted by atomic mass is 35.5. The number of anilines is 3. The Balaban J connectivity index is 1.70. The van der Waals surface area contributed by atoms with Crippen LogP contribution >= 0.6 is 11.6 Å². The van der Waals surface area contributed by atoms with Gasteiger partial charge in [0.15, 0.2) is 5.82 Å². The number of aryl methyl sites for hydroxylation is 1. The van der Waals surface area contributed by atoms with Gasteiger partial charge in [-0.05, 0) is 63.0 Å². The van der Waals surface area contributed by atoms with Crippen molar-refractivity contribution in [2.45, 2.75) is 6.92 Å². The van der Waals surface area contributed by atoms with Crippen LogP contribution in [0, 0.1) is 6.92 Å². The first-order valence-corrected chi connectivity index (χ1v) is 10.6. The van der Waals surface area contributed by atoms with E-state index in [-0.39, 0.29) is 5.91 Å². The number of halogens is 1. The molecule has 0 unspecified atom stereocenters. The summed E-state index contributed by atoms with van der Waals surface area (Å²) in [6.07, 6.45) is 6.97. The van der Waals surface area contributed by atoms with Crippen molar-refractivity contribution < 1.29 is 4.79 Å². The van der Waals surface area contributed by atoms with Crippen LogP contribution in [0.2, 0.25) is 5.02 Å². The number of rotatable bonds is 6. The summed E-state index contributed by atoms with van der Waals surface area (Å²) in [4.78, 5) is 25.3. The third kappa shape index (κ3) is 4.44. The minimum Gasteiger partial charge on any atom is -0.338 e. The van der Waals surface area contributed by atoms with Crippen molar-refractivity contribution in [3.8, 4) is 0 Å². The number of hydrogen-bond acceptors (Lipinski definition) is 5. The third-order valence-corrected chi connectivity index (χ3v) is 5.46. The van der Waals surface area contributed by atoms with E-state index >= 15 is 0 Å². The number of likely N-dealkylation sites (N-methyl/N-ethyl adjacent to an activating group) is 2. The second-order valence-electron chi connectivity index (χ2n) is 7.93. The fourth-order valence-electron chi connectivity index (χ4n) is 3.44. The molecule has 8 heteroatoms. The van der Waals surface area contributed by atoms with Gasteiger partial charge in [-0.25, -0.2) is 9.97 Å². The lowest BCUT2D eigenvalue weighted by Gasteiger charge is -2.17. The zero-order chi connectivity index (χ0) is 22.8. The van der Waals surface area contributed by atoms with Crippen LogP contribution in [-0.2, 0) is 4.79 Å². The number of fused-ring (bicyclic) bond motifs is 3. The monoisotopic (exact) mass is 448 g/mol. The zero-order valence-corrected chi connectivity index (χ0v) is 19.3. The Morgan fingerprint density at radius 1 is 1.16 bits per heavy atom. The molecule has 4 rings (SSSR count). The molecule has 7 nitrogen and oxygen atoms in total. The van der Waals surface area contributed by atoms with Gasteiger partial charge >= 0.3 is 0 Å². The predicted octanol–water partition coefficient (Wildman–Crippen LogP) is 4.67. The number of nitrogens with one attached hydrogen (secondary N) is 1. The summed E-state index contributed by atoms with van der Waals surface area (Å²) in [5, 5.41) is 4.09. The van der Waals surface area contributed by atoms with E-state index in [0.717, 1.165) is 33.5 Å². The molecule has 0 saturated heterocycles. The van der Waals surface area contributed by atoms with Crippen LogP contribution < -0.4 is 10.2 Å². The molecule has 2 heterocycles. The summed E-state index contributed by atoms with van der Waals surface area (Å²) in [7, 11) is 5.69. The third-order valence-electron chi connectivity index (χ3n) is 5.22. The molecule has 0 radical (unpaired) electrons. The molecule has 1 amide bonds. The highest BCUT2D eigenvalue weighted by molar-refractivity contribution is 6.30. The largest absolute Gasteiger partial charge is 0.338 e. The molecule has 2 aromatic carbocycles. The first kappa shape index (κ1) is 21.8. The molecule has 0 fully saturated rings. The molecule has 0 saturated carbocycles. The predicted molar refractivity (Wildman–Crippen MR) is 131 cm³/mol. The summed E-state index contributed by atoms with van der Waals surface area (Å²) in [5.41, 5.74) is 5.22. The van der Waals surface area contributed by atoms with E-state index in [1.807, 2.05) is 72.8 Å². The molecule has 1 N–H and O–H groups in total. The van der Waals surface area contributed by atoms with Crippen molar-refractivity contribution in [3.05, 3.63) is 71.7 Å². The number of carbonyl (C=O) groups excluding carboxylic acids is 1. The molecule has 0 aliphatic rings. The maximum Gasteiger partial charge on any atom is 0.250 e. The van der Waals surface area contributed by atoms with E-state index in [4.69, 9.17) is 16.6 Å². The topological polar surface area (TPSA) is 65.8 Å². The Morgan fingerprint density at radius 2 is 1.97 bits per heavy atom. The minimum absolute atomic E-state index is 0.0856. The highest BCUT2D eigenvalue weighted by Crippen LogP contribution is 2.29. The highest BCUT2D eigenvalue weighted by Gasteiger charge is 2.14. The maximum atomic E-state index is 12.6. The van der Waals surface area contributed by atoms with Crippen molar-refractivity contribution in [2.75, 3.05) is 37.9 Å². The van der Waals surface area contributed by atoms with Crippen LogP contribution in [0.1, 0.15) is 5.56 Å². The van der Waals surface area contributed by atoms with Crippen LogP contribution in [0.15, 0.2) is 61.1 Å². The van der Waals surface area contributed by atoms with Gasteiger partial charge in [-0.15, -0.1) is 0 Å². The Morgan fingerprint density at radius 3 is 2.72 bits per heavy atom. The van der Waals surface area contributed by atoms with E-state index in [1.165, 1.54) is 0 Å². The van der Waals surface area contributed by atoms with Crippen molar-refractivity contribution in [3.63, 3.8) is 0 Å². The van der Waals surface area contributed by atoms with E-state index in [1.54, 1.807) is 30.5 Å². The van der Waals surface area contributed by atoms with Crippen LogP contribution in [0.25, 0.3) is 16.6 Å². The smallest absolute Gasteiger partial charge is 0.250 e. The number of imidazole rings is 1. The number of hydrogen-bond donors (Lipinski definition) is 1. The number of benzene rings is 2. The number of amides is 1. The Kier molecular flexibility index (Phi) is 6.12. The minimum atomic E-state index is -0.0856. The maximum absolute atomic E-state index is 12.6. The molecule has 0 atom stereocenters. The van der Waals surface area contributed by atoms with Gasteiger partial charge in [-0.1, -0.05) is 17.7 Å². The zero-order valence-electron chi connectivity index (χ0n) is 18.5. The van der Waals surface area contributed by atoms with Crippen molar-refractivity contribution >= 4 is 51.3 Å². The average molecular weight is 449 g/mol. The number of carbonyl (C=O) groups is 1. The Bertz CT molecular complexity index is 1330. The summed E-state index contributed by atoms with van der Waals surface area (Å²) in [6.45, 7) is 2.70. The first-order valence-electron chi connectivity index (χ1n) is 10.2. The summed E-state index contributed by atoms with van der Waals surface area (Å²) in [5.74, 6) is 0.613. The van der Waals surface area contributed by atoms with Gasteiger partial charge in [-0.2, -0.15) is 0 Å². The normalized spacial score (nSPS) is 11.7. The van der Waals surface area contributed by atoms with Crippen LogP contribution in [0.5, 0.6) is 0 Å². The molecular weight excluding hydrogens is 424 g/mol. The van der Waals surface area contributed by atoms with Gasteiger partial charge in [0, 0.05) is 36.1 Å². The van der Waals surface area contributed by atoms with Gasteiger partial charge < -0.3 is 15.1 Å². The van der Waals surface area contributed by atoms with Crippen molar-refractivity contribution in [1.29, 1.82) is 0 Å². The van der Waals surface area contributed by atoms with Crippen molar-refractivity contribution in [2.24, 2.45) is 0 Å². The lowest BCUT2D eigenvalue weighted by Crippen LogP contribution is -2.24. The quantitative estimate of drug-likeness (QED) is 0.434. The molecule has 32 heavy (non-hydrogen) atoms. The molecule has 0 aliphatic heterocycles. The van der Waals surface area contributed by atoms with Gasteiger partial charge in [0.1, 0.15) is 5.52 Å². The first-order chi connectivity index (χ1) is 15.3. The Hall–Kier alpha value is -3.42. The summed E-state index contributed by atoms with van der Waals surface area (Å²) < 4.78 is 1.97. The van der Waals surface area contributed by atoms with Gasteiger partial charge in [0.05, 0.1) is 23.6 Å². The average Bonchev–Trinajstić information content (AvgIpc) is 3.25. The SMILES string of the molecule is Cc1cc(Cl)ccc1Nc1nc2ccc(N(C)C(=O)/C=C/CN(C)C)cc2n2cncc12. The second-order valence-corrected chi connectivity index (χ2v) is 8.36. The van der Waals surface area contributed by atoms with Crippen LogP contribution in [0.3, 0.4) is 0 Å². The van der Waals surface area contributed by atoms with Gasteiger partial charge in [0.2, 0.25) is 5.91 Å². The molecule has 0 spiro atoms. The van der Waals surface area contributed by atoms with Crippen molar-refractivity contribution in [1.82, 2.24) is 19.3 Å². The fraction of sp³-hybridized carbons (Fsp3) is 0.208. The second kappa shape index (κ2) is 8.98. The molecule has 2 aromatic heterocycles. The molecule has 0 aliphatic carbocycles. The lowest BCUT2D eigenvalue weighted by atomic mass is 10.2. The fourth-order valence-corrected chi connectivity index (χ4v) is 3.66. The van der Waals surface area contributed by atoms with Gasteiger partial charge in [0.25, 0.3) is 0 Å². The molecule has 164 valence electrons. The van der Waals surface area contributed by atoms with Gasteiger partial charge in [-0.3, -0.25) is 9.20 Å². The van der Waals surface area contributed by atoms with E-state index in [0.29, 0.717) is 17.4 Å². The summed E-state index contributed by atoms with van der Waals surface area (Å²) in [6, 6.07) is 11.4. The van der Waals surface area contributed by atoms with Crippen LogP contribution in [0.4, 0.5) is 17.2 Å². The molecule has 0 bridgehead atoms. The number of aromatic nitrogens is 3. The van der Waals surface area contributed by atoms with Crippen LogP contribution in [-0.4, -0.2) is 52.9 Å². The lowest BCUT2D eigenvalue weighted by molar-refractivity contribution is -0.113. The molecule has 4 aromatic rings. The van der Waals surface area contributed by atoms with E-state index < -0.39 is 0 Å². The number of nitrogens with zero attached hydrogens (tertiary/aromatic N) is 5. The Labute approximate surface area is 191 Å².